The van der Waals surface area contributed by atoms with E-state index in [1.807, 2.05) is 25.2 Å². The molecule has 102 valence electrons. The molecule has 0 atom stereocenters. The summed E-state index contributed by atoms with van der Waals surface area (Å²) in [6, 6.07) is 5.61. The van der Waals surface area contributed by atoms with Crippen LogP contribution in [0.5, 0.6) is 5.75 Å². The van der Waals surface area contributed by atoms with Crippen LogP contribution in [-0.2, 0) is 0 Å². The zero-order valence-corrected chi connectivity index (χ0v) is 11.4. The van der Waals surface area contributed by atoms with E-state index in [4.69, 9.17) is 4.74 Å². The summed E-state index contributed by atoms with van der Waals surface area (Å²) in [6.45, 7) is 3.04. The molecule has 1 aromatic carbocycles. The first-order valence-electron chi connectivity index (χ1n) is 6.19. The molecule has 0 saturated carbocycles. The summed E-state index contributed by atoms with van der Waals surface area (Å²) in [5, 5.41) is 6.11. The first kappa shape index (κ1) is 13.2. The highest BCUT2D eigenvalue weighted by Gasteiger charge is 2.10. The molecule has 0 radical (unpaired) electrons. The van der Waals surface area contributed by atoms with Crippen LogP contribution in [0.25, 0.3) is 5.69 Å². The number of rotatable bonds is 5. The number of nitrogens with one attached hydrogen (secondary N) is 1. The number of aromatic amines is 1. The molecule has 0 unspecified atom stereocenters. The maximum Gasteiger partial charge on any atom is 0.347 e. The minimum atomic E-state index is -0.255. The highest BCUT2D eigenvalue weighted by molar-refractivity contribution is 5.62. The highest BCUT2D eigenvalue weighted by Crippen LogP contribution is 2.29. The molecule has 1 N–H and O–H groups in total. The van der Waals surface area contributed by atoms with Gasteiger partial charge in [-0.25, -0.2) is 14.5 Å². The van der Waals surface area contributed by atoms with E-state index in [9.17, 15) is 4.79 Å². The van der Waals surface area contributed by atoms with Gasteiger partial charge >= 0.3 is 5.69 Å². The number of benzene rings is 1. The number of hydrogen-bond acceptors (Lipinski definition) is 4. The summed E-state index contributed by atoms with van der Waals surface area (Å²) in [6.07, 6.45) is 2.50. The molecule has 0 spiro atoms. The fraction of sp³-hybridized carbons (Fsp3) is 0.385. The van der Waals surface area contributed by atoms with Gasteiger partial charge in [-0.1, -0.05) is 6.92 Å². The number of ether oxygens (including phenoxy) is 1. The molecule has 2 rings (SSSR count). The lowest BCUT2D eigenvalue weighted by atomic mass is 10.2. The van der Waals surface area contributed by atoms with Crippen LogP contribution in [0.3, 0.4) is 0 Å². The zero-order chi connectivity index (χ0) is 13.8. The molecule has 0 fully saturated rings. The largest absolute Gasteiger partial charge is 0.495 e. The molecule has 0 aliphatic heterocycles. The van der Waals surface area contributed by atoms with Gasteiger partial charge in [-0.3, -0.25) is 0 Å². The van der Waals surface area contributed by atoms with Crippen LogP contribution in [0.4, 0.5) is 5.69 Å². The summed E-state index contributed by atoms with van der Waals surface area (Å²) in [5.74, 6) is 0.788. The Morgan fingerprint density at radius 3 is 2.84 bits per heavy atom. The van der Waals surface area contributed by atoms with Crippen LogP contribution in [-0.4, -0.2) is 35.5 Å². The van der Waals surface area contributed by atoms with E-state index in [0.717, 1.165) is 30.1 Å². The molecule has 6 heteroatoms. The third kappa shape index (κ3) is 2.62. The van der Waals surface area contributed by atoms with Gasteiger partial charge < -0.3 is 9.64 Å². The lowest BCUT2D eigenvalue weighted by Crippen LogP contribution is -2.20. The fourth-order valence-corrected chi connectivity index (χ4v) is 2.01. The molecule has 0 bridgehead atoms. The Balaban J connectivity index is 2.46. The molecule has 0 amide bonds. The Labute approximate surface area is 111 Å². The van der Waals surface area contributed by atoms with Crippen molar-refractivity contribution in [2.24, 2.45) is 0 Å². The second-order valence-corrected chi connectivity index (χ2v) is 4.31. The average molecular weight is 262 g/mol. The first-order valence-corrected chi connectivity index (χ1v) is 6.19. The SMILES string of the molecule is CCCN(C)c1cc(-n2cn[nH]c2=O)ccc1OC. The lowest BCUT2D eigenvalue weighted by Gasteiger charge is -2.21. The van der Waals surface area contributed by atoms with Crippen LogP contribution in [0.2, 0.25) is 0 Å². The van der Waals surface area contributed by atoms with Gasteiger partial charge in [0.2, 0.25) is 0 Å². The van der Waals surface area contributed by atoms with Gasteiger partial charge in [-0.05, 0) is 24.6 Å². The van der Waals surface area contributed by atoms with Crippen molar-refractivity contribution in [1.82, 2.24) is 14.8 Å². The highest BCUT2D eigenvalue weighted by atomic mass is 16.5. The van der Waals surface area contributed by atoms with Crippen molar-refractivity contribution in [2.75, 3.05) is 25.6 Å². The van der Waals surface area contributed by atoms with Crippen molar-refractivity contribution in [3.63, 3.8) is 0 Å². The number of methoxy groups -OCH3 is 1. The molecule has 0 aliphatic carbocycles. The van der Waals surface area contributed by atoms with Crippen molar-refractivity contribution in [3.05, 3.63) is 35.0 Å². The summed E-state index contributed by atoms with van der Waals surface area (Å²) < 4.78 is 6.82. The zero-order valence-electron chi connectivity index (χ0n) is 11.4. The molecule has 6 nitrogen and oxygen atoms in total. The Morgan fingerprint density at radius 1 is 1.47 bits per heavy atom. The third-order valence-electron chi connectivity index (χ3n) is 2.96. The lowest BCUT2D eigenvalue weighted by molar-refractivity contribution is 0.414. The molecular formula is C13H18N4O2. The van der Waals surface area contributed by atoms with Gasteiger partial charge in [0.25, 0.3) is 0 Å². The summed E-state index contributed by atoms with van der Waals surface area (Å²) in [5.41, 5.74) is 1.46. The Bertz CT molecular complexity index is 603. The van der Waals surface area contributed by atoms with Crippen LogP contribution in [0, 0.1) is 0 Å². The molecule has 1 aromatic heterocycles. The van der Waals surface area contributed by atoms with Gasteiger partial charge in [0.05, 0.1) is 18.5 Å². The Kier molecular flexibility index (Phi) is 3.89. The standard InChI is InChI=1S/C13H18N4O2/c1-4-7-16(2)11-8-10(5-6-12(11)19-3)17-9-14-15-13(17)18/h5-6,8-9H,4,7H2,1-3H3,(H,15,18). The van der Waals surface area contributed by atoms with Crippen LogP contribution < -0.4 is 15.3 Å². The fourth-order valence-electron chi connectivity index (χ4n) is 2.01. The first-order chi connectivity index (χ1) is 9.17. The smallest absolute Gasteiger partial charge is 0.347 e. The second kappa shape index (κ2) is 5.60. The van der Waals surface area contributed by atoms with Gasteiger partial charge in [0.1, 0.15) is 12.1 Å². The van der Waals surface area contributed by atoms with Gasteiger partial charge in [0, 0.05) is 13.6 Å². The molecule has 0 aliphatic rings. The van der Waals surface area contributed by atoms with Crippen molar-refractivity contribution in [1.29, 1.82) is 0 Å². The van der Waals surface area contributed by atoms with Crippen molar-refractivity contribution in [3.8, 4) is 11.4 Å². The number of anilines is 1. The predicted molar refractivity (Wildman–Crippen MR) is 74.3 cm³/mol. The minimum absolute atomic E-state index is 0.255. The van der Waals surface area contributed by atoms with E-state index in [-0.39, 0.29) is 5.69 Å². The quantitative estimate of drug-likeness (QED) is 0.885. The van der Waals surface area contributed by atoms with Crippen LogP contribution in [0.1, 0.15) is 13.3 Å². The number of nitrogens with zero attached hydrogens (tertiary/aromatic N) is 3. The summed E-state index contributed by atoms with van der Waals surface area (Å²) in [7, 11) is 3.64. The number of H-pyrrole nitrogens is 1. The van der Waals surface area contributed by atoms with E-state index in [1.54, 1.807) is 7.11 Å². The molecular weight excluding hydrogens is 244 g/mol. The maximum absolute atomic E-state index is 11.6. The van der Waals surface area contributed by atoms with E-state index >= 15 is 0 Å². The average Bonchev–Trinajstić information content (AvgIpc) is 2.84. The molecule has 1 heterocycles. The van der Waals surface area contributed by atoms with Crippen molar-refractivity contribution >= 4 is 5.69 Å². The monoisotopic (exact) mass is 262 g/mol. The van der Waals surface area contributed by atoms with Crippen LogP contribution in [0.15, 0.2) is 29.3 Å². The van der Waals surface area contributed by atoms with E-state index in [0.29, 0.717) is 0 Å². The van der Waals surface area contributed by atoms with Gasteiger partial charge in [0.15, 0.2) is 0 Å². The third-order valence-corrected chi connectivity index (χ3v) is 2.96. The van der Waals surface area contributed by atoms with E-state index in [2.05, 4.69) is 22.0 Å². The van der Waals surface area contributed by atoms with Gasteiger partial charge in [-0.2, -0.15) is 5.10 Å². The summed E-state index contributed by atoms with van der Waals surface area (Å²) in [4.78, 5) is 13.7. The van der Waals surface area contributed by atoms with Crippen molar-refractivity contribution < 1.29 is 4.74 Å². The Hall–Kier alpha value is -2.24. The molecule has 0 saturated heterocycles. The Morgan fingerprint density at radius 2 is 2.26 bits per heavy atom. The number of aromatic nitrogens is 3. The summed E-state index contributed by atoms with van der Waals surface area (Å²) >= 11 is 0. The minimum Gasteiger partial charge on any atom is -0.495 e. The maximum atomic E-state index is 11.6. The number of hydrogen-bond donors (Lipinski definition) is 1. The molecule has 19 heavy (non-hydrogen) atoms. The second-order valence-electron chi connectivity index (χ2n) is 4.31. The van der Waals surface area contributed by atoms with Crippen molar-refractivity contribution in [2.45, 2.75) is 13.3 Å². The normalized spacial score (nSPS) is 10.5. The van der Waals surface area contributed by atoms with E-state index < -0.39 is 0 Å². The molecule has 2 aromatic rings. The van der Waals surface area contributed by atoms with E-state index in [1.165, 1.54) is 10.9 Å². The van der Waals surface area contributed by atoms with Crippen LogP contribution >= 0.6 is 0 Å². The predicted octanol–water partition coefficient (Wildman–Crippen LogP) is 1.42. The topological polar surface area (TPSA) is 63.2 Å². The van der Waals surface area contributed by atoms with Gasteiger partial charge in [-0.15, -0.1) is 0 Å².